The maximum absolute atomic E-state index is 14.8. The average Bonchev–Trinajstić information content (AvgIpc) is 3.26. The lowest BCUT2D eigenvalue weighted by Gasteiger charge is -2.38. The largest absolute Gasteiger partial charge is 0.372 e. The predicted octanol–water partition coefficient (Wildman–Crippen LogP) is 5.40. The van der Waals surface area contributed by atoms with Gasteiger partial charge in [0.15, 0.2) is 0 Å². The molecule has 5 rings (SSSR count). The molecule has 1 heterocycles. The van der Waals surface area contributed by atoms with Crippen molar-refractivity contribution in [3.63, 3.8) is 0 Å². The molecular weight excluding hydrogens is 521 g/mol. The van der Waals surface area contributed by atoms with Crippen LogP contribution in [-0.2, 0) is 20.7 Å². The molecule has 9 heteroatoms. The highest BCUT2D eigenvalue weighted by atomic mass is 31.2. The van der Waals surface area contributed by atoms with Gasteiger partial charge in [0.05, 0.1) is 0 Å². The van der Waals surface area contributed by atoms with Crippen LogP contribution in [0.3, 0.4) is 0 Å². The van der Waals surface area contributed by atoms with E-state index in [1.807, 2.05) is 12.1 Å². The Labute approximate surface area is 228 Å². The molecule has 3 fully saturated rings. The maximum Gasteiger partial charge on any atom is 0.268 e. The number of hydrogen-bond acceptors (Lipinski definition) is 4. The van der Waals surface area contributed by atoms with Gasteiger partial charge < -0.3 is 19.9 Å². The Kier molecular flexibility index (Phi) is 8.25. The molecule has 0 spiro atoms. The number of aliphatic hydroxyl groups is 1. The van der Waals surface area contributed by atoms with Gasteiger partial charge in [0.1, 0.15) is 18.8 Å². The topological polar surface area (TPSA) is 86.7 Å². The third kappa shape index (κ3) is 5.55. The summed E-state index contributed by atoms with van der Waals surface area (Å²) in [5.41, 5.74) is -1.12. The highest BCUT2D eigenvalue weighted by Gasteiger charge is 2.52. The Morgan fingerprint density at radius 2 is 1.46 bits per heavy atom. The summed E-state index contributed by atoms with van der Waals surface area (Å²) in [6.45, 7) is -0.0883. The van der Waals surface area contributed by atoms with Crippen molar-refractivity contribution in [1.29, 1.82) is 0 Å². The second kappa shape index (κ2) is 11.5. The minimum absolute atomic E-state index is 0.112. The van der Waals surface area contributed by atoms with Gasteiger partial charge in [-0.05, 0) is 67.6 Å². The Morgan fingerprint density at radius 1 is 0.923 bits per heavy atom. The van der Waals surface area contributed by atoms with Crippen LogP contribution in [0.5, 0.6) is 0 Å². The summed E-state index contributed by atoms with van der Waals surface area (Å²) >= 11 is 0. The molecule has 2 aliphatic carbocycles. The highest BCUT2D eigenvalue weighted by molar-refractivity contribution is 7.73. The van der Waals surface area contributed by atoms with Gasteiger partial charge in [-0.1, -0.05) is 38.5 Å². The Bertz CT molecular complexity index is 1220. The fourth-order valence-electron chi connectivity index (χ4n) is 6.72. The van der Waals surface area contributed by atoms with E-state index in [0.717, 1.165) is 74.9 Å². The number of anilines is 1. The summed E-state index contributed by atoms with van der Waals surface area (Å²) in [5, 5.41) is 14.3. The first-order chi connectivity index (χ1) is 18.7. The van der Waals surface area contributed by atoms with E-state index in [2.05, 4.69) is 5.32 Å². The van der Waals surface area contributed by atoms with Gasteiger partial charge in [0, 0.05) is 47.9 Å². The molecule has 1 saturated heterocycles. The number of carbonyl (C=O) groups excluding carboxylic acids is 2. The van der Waals surface area contributed by atoms with E-state index in [0.29, 0.717) is 5.69 Å². The third-order valence-corrected chi connectivity index (χ3v) is 13.2. The zero-order valence-corrected chi connectivity index (χ0v) is 23.1. The van der Waals surface area contributed by atoms with E-state index in [9.17, 15) is 28.0 Å². The van der Waals surface area contributed by atoms with Gasteiger partial charge in [-0.25, -0.2) is 8.78 Å². The molecule has 2 aromatic carbocycles. The van der Waals surface area contributed by atoms with Crippen molar-refractivity contribution >= 4 is 29.9 Å². The molecule has 0 radical (unpaired) electrons. The summed E-state index contributed by atoms with van der Waals surface area (Å²) in [7, 11) is -2.65. The van der Waals surface area contributed by atoms with Gasteiger partial charge in [-0.3, -0.25) is 9.59 Å². The number of nitrogens with one attached hydrogen (secondary N) is 1. The smallest absolute Gasteiger partial charge is 0.268 e. The molecule has 0 bridgehead atoms. The van der Waals surface area contributed by atoms with Crippen LogP contribution in [-0.4, -0.2) is 40.4 Å². The van der Waals surface area contributed by atoms with E-state index in [1.54, 1.807) is 12.1 Å². The SMILES string of the molecule is O=C(NCc1cc(F)cc(F)c1)[C@@]1(O)CCN(c2ccc(P(=O)(C3CCCCC3)C3CCCCC3)cc2)C1=O. The molecule has 0 aromatic heterocycles. The van der Waals surface area contributed by atoms with Crippen LogP contribution in [0.2, 0.25) is 0 Å². The van der Waals surface area contributed by atoms with Gasteiger partial charge >= 0.3 is 0 Å². The highest BCUT2D eigenvalue weighted by Crippen LogP contribution is 2.61. The number of nitrogens with zero attached hydrogens (tertiary/aromatic N) is 1. The fourth-order valence-corrected chi connectivity index (χ4v) is 11.0. The van der Waals surface area contributed by atoms with Crippen molar-refractivity contribution in [2.75, 3.05) is 11.4 Å². The van der Waals surface area contributed by atoms with Crippen LogP contribution >= 0.6 is 7.14 Å². The summed E-state index contributed by atoms with van der Waals surface area (Å²) < 4.78 is 41.8. The quantitative estimate of drug-likeness (QED) is 0.352. The maximum atomic E-state index is 14.8. The number of hydrogen-bond donors (Lipinski definition) is 2. The number of amides is 2. The van der Waals surface area contributed by atoms with Crippen molar-refractivity contribution in [2.45, 2.75) is 94.1 Å². The molecule has 2 N–H and O–H groups in total. The molecule has 1 atom stereocenters. The van der Waals surface area contributed by atoms with Crippen LogP contribution in [0.1, 0.15) is 76.2 Å². The first-order valence-corrected chi connectivity index (χ1v) is 16.0. The fraction of sp³-hybridized carbons (Fsp3) is 0.533. The van der Waals surface area contributed by atoms with Crippen LogP contribution < -0.4 is 15.5 Å². The summed E-state index contributed by atoms with van der Waals surface area (Å²) in [4.78, 5) is 27.4. The van der Waals surface area contributed by atoms with Crippen LogP contribution in [0, 0.1) is 11.6 Å². The molecule has 0 unspecified atom stereocenters. The number of carbonyl (C=O) groups is 2. The van der Waals surface area contributed by atoms with Gasteiger partial charge in [0.25, 0.3) is 11.8 Å². The molecule has 2 amide bonds. The number of halogens is 2. The van der Waals surface area contributed by atoms with Crippen LogP contribution in [0.25, 0.3) is 0 Å². The Hall–Kier alpha value is -2.57. The van der Waals surface area contributed by atoms with E-state index >= 15 is 0 Å². The lowest BCUT2D eigenvalue weighted by atomic mass is 9.99. The van der Waals surface area contributed by atoms with Crippen molar-refractivity contribution in [3.05, 3.63) is 59.7 Å². The Balaban J connectivity index is 1.31. The number of rotatable bonds is 7. The van der Waals surface area contributed by atoms with Gasteiger partial charge in [-0.15, -0.1) is 0 Å². The number of benzene rings is 2. The van der Waals surface area contributed by atoms with Crippen molar-refractivity contribution in [1.82, 2.24) is 5.32 Å². The molecule has 2 saturated carbocycles. The first kappa shape index (κ1) is 28.0. The molecular formula is C30H37F2N2O4P. The molecule has 3 aliphatic rings. The Morgan fingerprint density at radius 3 is 2.00 bits per heavy atom. The molecule has 1 aliphatic heterocycles. The predicted molar refractivity (Wildman–Crippen MR) is 148 cm³/mol. The average molecular weight is 559 g/mol. The molecule has 2 aromatic rings. The minimum Gasteiger partial charge on any atom is -0.372 e. The zero-order chi connectivity index (χ0) is 27.6. The van der Waals surface area contributed by atoms with Crippen LogP contribution in [0.15, 0.2) is 42.5 Å². The summed E-state index contributed by atoms with van der Waals surface area (Å²) in [6, 6.07) is 10.2. The summed E-state index contributed by atoms with van der Waals surface area (Å²) in [5.74, 6) is -3.21. The first-order valence-electron chi connectivity index (χ1n) is 14.2. The van der Waals surface area contributed by atoms with Crippen LogP contribution in [0.4, 0.5) is 14.5 Å². The molecule has 210 valence electrons. The second-order valence-electron chi connectivity index (χ2n) is 11.3. The second-order valence-corrected chi connectivity index (χ2v) is 14.7. The van der Waals surface area contributed by atoms with E-state index in [-0.39, 0.29) is 36.4 Å². The lowest BCUT2D eigenvalue weighted by molar-refractivity contribution is -0.149. The normalized spacial score (nSPS) is 23.3. The van der Waals surface area contributed by atoms with Gasteiger partial charge in [0.2, 0.25) is 5.60 Å². The molecule has 39 heavy (non-hydrogen) atoms. The van der Waals surface area contributed by atoms with Gasteiger partial charge in [-0.2, -0.15) is 0 Å². The van der Waals surface area contributed by atoms with Crippen molar-refractivity contribution < 1.29 is 28.0 Å². The third-order valence-electron chi connectivity index (χ3n) is 8.85. The molecule has 6 nitrogen and oxygen atoms in total. The van der Waals surface area contributed by atoms with E-state index in [1.165, 1.54) is 17.7 Å². The summed E-state index contributed by atoms with van der Waals surface area (Å²) in [6.07, 6.45) is 10.8. The van der Waals surface area contributed by atoms with E-state index in [4.69, 9.17) is 0 Å². The van der Waals surface area contributed by atoms with E-state index < -0.39 is 36.2 Å². The monoisotopic (exact) mass is 558 g/mol. The zero-order valence-electron chi connectivity index (χ0n) is 22.2. The standard InChI is InChI=1S/C30H37F2N2O4P/c31-22-17-21(18-23(32)19-22)20-33-28(35)30(37)15-16-34(29(30)36)24-11-13-27(14-12-24)39(38,25-7-3-1-4-8-25)26-9-5-2-6-10-26/h11-14,17-19,25-26,37H,1-10,15-16,20H2,(H,33,35)/t30-/m0/s1. The van der Waals surface area contributed by atoms with Crippen molar-refractivity contribution in [2.24, 2.45) is 0 Å². The van der Waals surface area contributed by atoms with Crippen molar-refractivity contribution in [3.8, 4) is 0 Å². The minimum atomic E-state index is -2.65. The lowest BCUT2D eigenvalue weighted by Crippen LogP contribution is -2.52.